The molecule has 0 spiro atoms. The van der Waals surface area contributed by atoms with Crippen molar-refractivity contribution in [2.75, 3.05) is 13.1 Å². The quantitative estimate of drug-likeness (QED) is 0.841. The van der Waals surface area contributed by atoms with E-state index < -0.39 is 0 Å². The summed E-state index contributed by atoms with van der Waals surface area (Å²) in [6.07, 6.45) is 0. The van der Waals surface area contributed by atoms with Gasteiger partial charge in [0, 0.05) is 24.0 Å². The van der Waals surface area contributed by atoms with Crippen LogP contribution in [0.5, 0.6) is 0 Å². The van der Waals surface area contributed by atoms with Gasteiger partial charge in [0.25, 0.3) is 5.91 Å². The molecule has 0 aliphatic carbocycles. The van der Waals surface area contributed by atoms with Crippen LogP contribution in [0.2, 0.25) is 0 Å². The highest BCUT2D eigenvalue weighted by Gasteiger charge is 2.17. The van der Waals surface area contributed by atoms with Gasteiger partial charge in [-0.05, 0) is 46.2 Å². The van der Waals surface area contributed by atoms with Crippen molar-refractivity contribution in [3.05, 3.63) is 23.0 Å². The minimum Gasteiger partial charge on any atom is -0.352 e. The number of hydrogen-bond donors (Lipinski definition) is 2. The molecule has 0 radical (unpaired) electrons. The molecule has 0 aliphatic rings. The normalized spacial score (nSPS) is 12.8. The summed E-state index contributed by atoms with van der Waals surface area (Å²) in [7, 11) is 0. The van der Waals surface area contributed by atoms with Crippen molar-refractivity contribution in [1.82, 2.24) is 9.88 Å². The van der Waals surface area contributed by atoms with Crippen LogP contribution in [0.3, 0.4) is 0 Å². The van der Waals surface area contributed by atoms with Crippen molar-refractivity contribution >= 4 is 5.91 Å². The number of amides is 1. The first-order chi connectivity index (χ1) is 8.38. The number of rotatable bonds is 5. The third-order valence-corrected chi connectivity index (χ3v) is 3.26. The second kappa shape index (κ2) is 6.05. The predicted octanol–water partition coefficient (Wildman–Crippen LogP) is 2.01. The van der Waals surface area contributed by atoms with Gasteiger partial charge in [-0.1, -0.05) is 6.92 Å². The maximum absolute atomic E-state index is 12.1. The van der Waals surface area contributed by atoms with Crippen LogP contribution in [0.15, 0.2) is 6.07 Å². The van der Waals surface area contributed by atoms with Gasteiger partial charge in [-0.15, -0.1) is 0 Å². The number of nitrogens with one attached hydrogen (secondary N) is 1. The smallest absolute Gasteiger partial charge is 0.253 e. The van der Waals surface area contributed by atoms with E-state index in [4.69, 9.17) is 5.73 Å². The number of carbonyl (C=O) groups is 1. The van der Waals surface area contributed by atoms with Crippen molar-refractivity contribution in [3.63, 3.8) is 0 Å². The lowest BCUT2D eigenvalue weighted by Crippen LogP contribution is -2.31. The molecule has 1 rings (SSSR count). The maximum Gasteiger partial charge on any atom is 0.253 e. The molecule has 0 saturated heterocycles. The lowest BCUT2D eigenvalue weighted by molar-refractivity contribution is 0.0948. The van der Waals surface area contributed by atoms with Crippen molar-refractivity contribution in [1.29, 1.82) is 0 Å². The standard InChI is InChI=1S/C14H25N3O/c1-9(2)17-11(4)6-13(12(17)5)14(18)16-8-10(3)7-15/h6,9-10H,7-8,15H2,1-5H3,(H,16,18). The van der Waals surface area contributed by atoms with E-state index in [0.717, 1.165) is 17.0 Å². The molecule has 0 aromatic carbocycles. The summed E-state index contributed by atoms with van der Waals surface area (Å²) in [4.78, 5) is 12.1. The lowest BCUT2D eigenvalue weighted by Gasteiger charge is -2.14. The van der Waals surface area contributed by atoms with Crippen LogP contribution in [-0.4, -0.2) is 23.6 Å². The van der Waals surface area contributed by atoms with E-state index in [0.29, 0.717) is 25.0 Å². The summed E-state index contributed by atoms with van der Waals surface area (Å²) in [5.41, 5.74) is 8.46. The first kappa shape index (κ1) is 14.8. The number of aryl methyl sites for hydroxylation is 1. The van der Waals surface area contributed by atoms with E-state index in [9.17, 15) is 4.79 Å². The molecule has 102 valence electrons. The first-order valence-corrected chi connectivity index (χ1v) is 6.55. The highest BCUT2D eigenvalue weighted by atomic mass is 16.1. The SMILES string of the molecule is Cc1cc(C(=O)NCC(C)CN)c(C)n1C(C)C. The monoisotopic (exact) mass is 251 g/mol. The summed E-state index contributed by atoms with van der Waals surface area (Å²) in [5.74, 6) is 0.304. The highest BCUT2D eigenvalue weighted by molar-refractivity contribution is 5.95. The van der Waals surface area contributed by atoms with E-state index in [1.54, 1.807) is 0 Å². The fraction of sp³-hybridized carbons (Fsp3) is 0.643. The Kier molecular flexibility index (Phi) is 4.96. The Morgan fingerprint density at radius 1 is 1.39 bits per heavy atom. The molecule has 1 unspecified atom stereocenters. The fourth-order valence-corrected chi connectivity index (χ4v) is 2.25. The molecule has 4 heteroatoms. The van der Waals surface area contributed by atoms with Crippen LogP contribution in [0.1, 0.15) is 48.6 Å². The van der Waals surface area contributed by atoms with Crippen LogP contribution in [0.4, 0.5) is 0 Å². The molecule has 1 heterocycles. The number of carbonyl (C=O) groups excluding carboxylic acids is 1. The largest absolute Gasteiger partial charge is 0.352 e. The number of hydrogen-bond acceptors (Lipinski definition) is 2. The lowest BCUT2D eigenvalue weighted by atomic mass is 10.1. The van der Waals surface area contributed by atoms with Gasteiger partial charge >= 0.3 is 0 Å². The molecule has 1 aromatic rings. The van der Waals surface area contributed by atoms with Gasteiger partial charge in [-0.25, -0.2) is 0 Å². The molecular formula is C14H25N3O. The zero-order valence-electron chi connectivity index (χ0n) is 12.1. The topological polar surface area (TPSA) is 60.1 Å². The number of nitrogens with zero attached hydrogens (tertiary/aromatic N) is 1. The van der Waals surface area contributed by atoms with Crippen LogP contribution >= 0.6 is 0 Å². The molecule has 1 aromatic heterocycles. The Morgan fingerprint density at radius 3 is 2.44 bits per heavy atom. The van der Waals surface area contributed by atoms with E-state index >= 15 is 0 Å². The Bertz CT molecular complexity index is 421. The van der Waals surface area contributed by atoms with Gasteiger partial charge in [0.05, 0.1) is 5.56 Å². The molecule has 0 aliphatic heterocycles. The van der Waals surface area contributed by atoms with Crippen molar-refractivity contribution < 1.29 is 4.79 Å². The van der Waals surface area contributed by atoms with Crippen molar-refractivity contribution in [2.24, 2.45) is 11.7 Å². The average molecular weight is 251 g/mol. The van der Waals surface area contributed by atoms with Crippen molar-refractivity contribution in [2.45, 2.75) is 40.7 Å². The molecule has 1 amide bonds. The average Bonchev–Trinajstić information content (AvgIpc) is 2.61. The molecule has 1 atom stereocenters. The molecule has 0 saturated carbocycles. The highest BCUT2D eigenvalue weighted by Crippen LogP contribution is 2.19. The van der Waals surface area contributed by atoms with Crippen LogP contribution < -0.4 is 11.1 Å². The van der Waals surface area contributed by atoms with Crippen molar-refractivity contribution in [3.8, 4) is 0 Å². The molecule has 3 N–H and O–H groups in total. The van der Waals surface area contributed by atoms with Gasteiger partial charge in [0.2, 0.25) is 0 Å². The summed E-state index contributed by atoms with van der Waals surface area (Å²) in [6.45, 7) is 11.5. The van der Waals surface area contributed by atoms with Gasteiger partial charge in [-0.3, -0.25) is 4.79 Å². The fourth-order valence-electron chi connectivity index (χ4n) is 2.25. The van der Waals surface area contributed by atoms with Gasteiger partial charge in [0.15, 0.2) is 0 Å². The summed E-state index contributed by atoms with van der Waals surface area (Å²) in [5, 5.41) is 2.94. The third kappa shape index (κ3) is 3.13. The molecule has 0 bridgehead atoms. The van der Waals surface area contributed by atoms with Gasteiger partial charge in [-0.2, -0.15) is 0 Å². The van der Waals surface area contributed by atoms with Crippen LogP contribution in [-0.2, 0) is 0 Å². The maximum atomic E-state index is 12.1. The number of aromatic nitrogens is 1. The summed E-state index contributed by atoms with van der Waals surface area (Å²) >= 11 is 0. The Balaban J connectivity index is 2.84. The minimum absolute atomic E-state index is 0.00435. The van der Waals surface area contributed by atoms with Crippen LogP contribution in [0, 0.1) is 19.8 Å². The molecule has 0 fully saturated rings. The second-order valence-corrected chi connectivity index (χ2v) is 5.30. The second-order valence-electron chi connectivity index (χ2n) is 5.30. The van der Waals surface area contributed by atoms with Gasteiger partial charge < -0.3 is 15.6 Å². The molecular weight excluding hydrogens is 226 g/mol. The molecule has 18 heavy (non-hydrogen) atoms. The Hall–Kier alpha value is -1.29. The van der Waals surface area contributed by atoms with E-state index in [2.05, 4.69) is 23.7 Å². The Morgan fingerprint density at radius 2 is 2.00 bits per heavy atom. The first-order valence-electron chi connectivity index (χ1n) is 6.55. The van der Waals surface area contributed by atoms with E-state index in [1.807, 2.05) is 26.8 Å². The Labute approximate surface area is 110 Å². The molecule has 4 nitrogen and oxygen atoms in total. The summed E-state index contributed by atoms with van der Waals surface area (Å²) in [6, 6.07) is 2.33. The predicted molar refractivity (Wildman–Crippen MR) is 74.8 cm³/mol. The van der Waals surface area contributed by atoms with E-state index in [1.165, 1.54) is 0 Å². The zero-order chi connectivity index (χ0) is 13.9. The summed E-state index contributed by atoms with van der Waals surface area (Å²) < 4.78 is 2.18. The number of nitrogens with two attached hydrogens (primary N) is 1. The zero-order valence-corrected chi connectivity index (χ0v) is 12.1. The van der Waals surface area contributed by atoms with Gasteiger partial charge in [0.1, 0.15) is 0 Å². The third-order valence-electron chi connectivity index (χ3n) is 3.26. The minimum atomic E-state index is -0.00435. The van der Waals surface area contributed by atoms with Crippen LogP contribution in [0.25, 0.3) is 0 Å². The van der Waals surface area contributed by atoms with E-state index in [-0.39, 0.29) is 5.91 Å².